The number of nitrogens with zero attached hydrogens (tertiary/aromatic N) is 1. The van der Waals surface area contributed by atoms with E-state index < -0.39 is 27.6 Å². The molecule has 0 unspecified atom stereocenters. The lowest BCUT2D eigenvalue weighted by Gasteiger charge is -2.16. The molecule has 0 bridgehead atoms. The van der Waals surface area contributed by atoms with E-state index in [1.54, 1.807) is 0 Å². The van der Waals surface area contributed by atoms with Crippen molar-refractivity contribution >= 4 is 22.6 Å². The van der Waals surface area contributed by atoms with Crippen LogP contribution in [0.4, 0.5) is 26.3 Å². The molecule has 0 spiro atoms. The van der Waals surface area contributed by atoms with E-state index in [0.29, 0.717) is 0 Å². The standard InChI is InChI=1S/C8H5F6IN2O/c9-7(10,11)5-4(15)1-3(2-16)17-6(5)18-8(12,13)14/h1H,2,16H2. The molecule has 0 fully saturated rings. The maximum atomic E-state index is 12.6. The minimum atomic E-state index is -5.26. The third-order valence-corrected chi connectivity index (χ3v) is 2.55. The number of rotatable bonds is 2. The maximum absolute atomic E-state index is 12.6. The van der Waals surface area contributed by atoms with Gasteiger partial charge < -0.3 is 10.5 Å². The summed E-state index contributed by atoms with van der Waals surface area (Å²) in [6.07, 6.45) is -10.3. The number of pyridine rings is 1. The van der Waals surface area contributed by atoms with Crippen LogP contribution in [0.2, 0.25) is 0 Å². The average Bonchev–Trinajstić information content (AvgIpc) is 2.11. The van der Waals surface area contributed by atoms with Gasteiger partial charge in [-0.05, 0) is 28.7 Å². The van der Waals surface area contributed by atoms with Gasteiger partial charge in [-0.3, -0.25) is 0 Å². The van der Waals surface area contributed by atoms with Crippen molar-refractivity contribution in [2.75, 3.05) is 0 Å². The molecule has 0 aliphatic heterocycles. The molecule has 1 rings (SSSR count). The molecule has 0 aromatic carbocycles. The van der Waals surface area contributed by atoms with E-state index in [2.05, 4.69) is 9.72 Å². The first kappa shape index (κ1) is 15.3. The highest BCUT2D eigenvalue weighted by atomic mass is 127. The first-order valence-corrected chi connectivity index (χ1v) is 5.35. The molecule has 2 N–H and O–H groups in total. The zero-order valence-electron chi connectivity index (χ0n) is 8.36. The Morgan fingerprint density at radius 2 is 1.78 bits per heavy atom. The molecule has 0 radical (unpaired) electrons. The Hall–Kier alpha value is -0.780. The van der Waals surface area contributed by atoms with Crippen LogP contribution in [-0.2, 0) is 12.7 Å². The summed E-state index contributed by atoms with van der Waals surface area (Å²) in [5, 5.41) is 0. The van der Waals surface area contributed by atoms with Gasteiger partial charge in [0.05, 0.1) is 5.69 Å². The van der Waals surface area contributed by atoms with Crippen LogP contribution in [-0.4, -0.2) is 11.3 Å². The van der Waals surface area contributed by atoms with Gasteiger partial charge in [-0.2, -0.15) is 13.2 Å². The molecule has 0 amide bonds. The van der Waals surface area contributed by atoms with Crippen LogP contribution in [0.25, 0.3) is 0 Å². The molecule has 1 aromatic rings. The summed E-state index contributed by atoms with van der Waals surface area (Å²) in [5.74, 6) is -1.54. The summed E-state index contributed by atoms with van der Waals surface area (Å²) in [5.41, 5.74) is 3.42. The first-order valence-electron chi connectivity index (χ1n) is 4.27. The predicted octanol–water partition coefficient (Wildman–Crippen LogP) is 3.06. The van der Waals surface area contributed by atoms with E-state index >= 15 is 0 Å². The van der Waals surface area contributed by atoms with Crippen LogP contribution in [0.15, 0.2) is 6.07 Å². The number of hydrogen-bond acceptors (Lipinski definition) is 3. The highest BCUT2D eigenvalue weighted by Gasteiger charge is 2.42. The highest BCUT2D eigenvalue weighted by Crippen LogP contribution is 2.40. The van der Waals surface area contributed by atoms with E-state index in [9.17, 15) is 26.3 Å². The SMILES string of the molecule is NCc1cc(I)c(C(F)(F)F)c(OC(F)(F)F)n1. The third kappa shape index (κ3) is 3.86. The number of hydrogen-bond donors (Lipinski definition) is 1. The van der Waals surface area contributed by atoms with Crippen molar-refractivity contribution in [1.29, 1.82) is 0 Å². The van der Waals surface area contributed by atoms with Crippen LogP contribution in [0.5, 0.6) is 5.88 Å². The van der Waals surface area contributed by atoms with Gasteiger partial charge in [-0.15, -0.1) is 13.2 Å². The van der Waals surface area contributed by atoms with E-state index in [4.69, 9.17) is 5.73 Å². The van der Waals surface area contributed by atoms with Crippen molar-refractivity contribution in [1.82, 2.24) is 4.98 Å². The molecule has 0 saturated heterocycles. The molecule has 102 valence electrons. The van der Waals surface area contributed by atoms with Crippen molar-refractivity contribution in [2.45, 2.75) is 19.1 Å². The fraction of sp³-hybridized carbons (Fsp3) is 0.375. The Morgan fingerprint density at radius 3 is 2.17 bits per heavy atom. The molecule has 3 nitrogen and oxygen atoms in total. The second kappa shape index (κ2) is 5.07. The van der Waals surface area contributed by atoms with Crippen LogP contribution in [0.3, 0.4) is 0 Å². The Morgan fingerprint density at radius 1 is 1.22 bits per heavy atom. The van der Waals surface area contributed by atoms with Crippen molar-refractivity contribution in [3.63, 3.8) is 0 Å². The van der Waals surface area contributed by atoms with Crippen molar-refractivity contribution in [3.05, 3.63) is 20.9 Å². The topological polar surface area (TPSA) is 48.1 Å². The van der Waals surface area contributed by atoms with Gasteiger partial charge in [0.2, 0.25) is 5.88 Å². The van der Waals surface area contributed by atoms with Crippen LogP contribution in [0.1, 0.15) is 11.3 Å². The van der Waals surface area contributed by atoms with Crippen LogP contribution in [0, 0.1) is 3.57 Å². The summed E-state index contributed by atoms with van der Waals surface area (Å²) in [7, 11) is 0. The minimum Gasteiger partial charge on any atom is -0.387 e. The summed E-state index contributed by atoms with van der Waals surface area (Å²) in [6.45, 7) is -0.303. The quantitative estimate of drug-likeness (QED) is 0.628. The smallest absolute Gasteiger partial charge is 0.387 e. The summed E-state index contributed by atoms with van der Waals surface area (Å²) >= 11 is 1.25. The normalized spacial score (nSPS) is 12.7. The van der Waals surface area contributed by atoms with Gasteiger partial charge in [0, 0.05) is 10.1 Å². The number of nitrogens with two attached hydrogens (primary N) is 1. The molecule has 0 saturated carbocycles. The Labute approximate surface area is 110 Å². The molecule has 0 aliphatic carbocycles. The lowest BCUT2D eigenvalue weighted by Crippen LogP contribution is -2.22. The highest BCUT2D eigenvalue weighted by molar-refractivity contribution is 14.1. The lowest BCUT2D eigenvalue weighted by molar-refractivity contribution is -0.278. The van der Waals surface area contributed by atoms with E-state index in [-0.39, 0.29) is 12.2 Å². The number of ether oxygens (including phenoxy) is 1. The van der Waals surface area contributed by atoms with Gasteiger partial charge >= 0.3 is 12.5 Å². The summed E-state index contributed by atoms with van der Waals surface area (Å²) in [4.78, 5) is 3.11. The second-order valence-electron chi connectivity index (χ2n) is 3.03. The number of halogens is 7. The number of aromatic nitrogens is 1. The van der Waals surface area contributed by atoms with Gasteiger partial charge in [0.25, 0.3) is 0 Å². The molecule has 18 heavy (non-hydrogen) atoms. The molecule has 0 aliphatic rings. The zero-order valence-corrected chi connectivity index (χ0v) is 10.5. The minimum absolute atomic E-state index is 0.133. The average molecular weight is 386 g/mol. The maximum Gasteiger partial charge on any atom is 0.574 e. The van der Waals surface area contributed by atoms with Crippen molar-refractivity contribution in [2.24, 2.45) is 5.73 Å². The van der Waals surface area contributed by atoms with Gasteiger partial charge in [0.1, 0.15) is 5.56 Å². The Balaban J connectivity index is 3.39. The van der Waals surface area contributed by atoms with Crippen LogP contribution >= 0.6 is 22.6 Å². The van der Waals surface area contributed by atoms with E-state index in [1.807, 2.05) is 0 Å². The fourth-order valence-corrected chi connectivity index (χ4v) is 1.98. The van der Waals surface area contributed by atoms with Gasteiger partial charge in [0.15, 0.2) is 0 Å². The lowest BCUT2D eigenvalue weighted by atomic mass is 10.2. The van der Waals surface area contributed by atoms with Crippen LogP contribution < -0.4 is 10.5 Å². The molecular formula is C8H5F6IN2O. The van der Waals surface area contributed by atoms with E-state index in [1.165, 1.54) is 22.6 Å². The fourth-order valence-electron chi connectivity index (χ4n) is 1.08. The summed E-state index contributed by atoms with van der Waals surface area (Å²) < 4.78 is 76.7. The van der Waals surface area contributed by atoms with Crippen molar-refractivity contribution < 1.29 is 31.1 Å². The number of alkyl halides is 6. The van der Waals surface area contributed by atoms with Gasteiger partial charge in [-0.25, -0.2) is 4.98 Å². The van der Waals surface area contributed by atoms with E-state index in [0.717, 1.165) is 6.07 Å². The Bertz CT molecular complexity index is 444. The Kier molecular flexibility index (Phi) is 4.30. The second-order valence-corrected chi connectivity index (χ2v) is 4.19. The molecule has 10 heteroatoms. The third-order valence-electron chi connectivity index (χ3n) is 1.70. The monoisotopic (exact) mass is 386 g/mol. The zero-order chi connectivity index (χ0) is 14.1. The first-order chi connectivity index (χ1) is 8.04. The molecule has 0 atom stereocenters. The van der Waals surface area contributed by atoms with Gasteiger partial charge in [-0.1, -0.05) is 0 Å². The summed E-state index contributed by atoms with van der Waals surface area (Å²) in [6, 6.07) is 0.951. The molecule has 1 aromatic heterocycles. The molecular weight excluding hydrogens is 381 g/mol. The predicted molar refractivity (Wildman–Crippen MR) is 56.5 cm³/mol. The van der Waals surface area contributed by atoms with Crippen molar-refractivity contribution in [3.8, 4) is 5.88 Å². The molecule has 1 heterocycles. The largest absolute Gasteiger partial charge is 0.574 e.